The zero-order valence-corrected chi connectivity index (χ0v) is 8.70. The van der Waals surface area contributed by atoms with Crippen molar-refractivity contribution in [1.29, 1.82) is 0 Å². The first kappa shape index (κ1) is 9.85. The fourth-order valence-electron chi connectivity index (χ4n) is 1.42. The van der Waals surface area contributed by atoms with E-state index in [2.05, 4.69) is 45.3 Å². The second-order valence-electron chi connectivity index (χ2n) is 3.38. The molecule has 0 aliphatic heterocycles. The SMILES string of the molecule is C=C1C(=C)C(N/C(C)=C/CC)=C1C. The zero-order chi connectivity index (χ0) is 10.0. The summed E-state index contributed by atoms with van der Waals surface area (Å²) < 4.78 is 0. The first-order chi connectivity index (χ1) is 6.07. The zero-order valence-electron chi connectivity index (χ0n) is 8.70. The van der Waals surface area contributed by atoms with Crippen LogP contribution in [0.25, 0.3) is 0 Å². The Labute approximate surface area is 80.5 Å². The summed E-state index contributed by atoms with van der Waals surface area (Å²) in [5.41, 5.74) is 5.68. The largest absolute Gasteiger partial charge is 0.359 e. The minimum absolute atomic E-state index is 1.04. The summed E-state index contributed by atoms with van der Waals surface area (Å²) in [4.78, 5) is 0. The van der Waals surface area contributed by atoms with Gasteiger partial charge in [0.05, 0.1) is 0 Å². The Hall–Kier alpha value is -1.24. The van der Waals surface area contributed by atoms with Crippen molar-refractivity contribution in [3.05, 3.63) is 47.3 Å². The third-order valence-corrected chi connectivity index (χ3v) is 2.33. The van der Waals surface area contributed by atoms with Gasteiger partial charge in [-0.15, -0.1) is 0 Å². The Morgan fingerprint density at radius 3 is 2.46 bits per heavy atom. The number of hydrogen-bond donors (Lipinski definition) is 1. The van der Waals surface area contributed by atoms with Crippen LogP contribution >= 0.6 is 0 Å². The van der Waals surface area contributed by atoms with E-state index >= 15 is 0 Å². The summed E-state index contributed by atoms with van der Waals surface area (Å²) in [5.74, 6) is 0. The van der Waals surface area contributed by atoms with E-state index in [9.17, 15) is 0 Å². The van der Waals surface area contributed by atoms with Crippen LogP contribution in [-0.2, 0) is 0 Å². The van der Waals surface area contributed by atoms with Crippen LogP contribution in [0.2, 0.25) is 0 Å². The van der Waals surface area contributed by atoms with Gasteiger partial charge in [-0.25, -0.2) is 0 Å². The van der Waals surface area contributed by atoms with Crippen LogP contribution in [0.1, 0.15) is 27.2 Å². The van der Waals surface area contributed by atoms with Gasteiger partial charge in [-0.1, -0.05) is 26.2 Å². The monoisotopic (exact) mass is 175 g/mol. The molecule has 1 aliphatic rings. The fourth-order valence-corrected chi connectivity index (χ4v) is 1.42. The van der Waals surface area contributed by atoms with E-state index in [-0.39, 0.29) is 0 Å². The Balaban J connectivity index is 2.72. The molecule has 0 unspecified atom stereocenters. The molecule has 0 bridgehead atoms. The quantitative estimate of drug-likeness (QED) is 0.694. The number of rotatable bonds is 3. The average molecular weight is 175 g/mol. The maximum absolute atomic E-state index is 3.94. The lowest BCUT2D eigenvalue weighted by atomic mass is 9.85. The predicted octanol–water partition coefficient (Wildman–Crippen LogP) is 3.29. The van der Waals surface area contributed by atoms with Crippen LogP contribution in [-0.4, -0.2) is 0 Å². The number of nitrogens with one attached hydrogen (secondary N) is 1. The van der Waals surface area contributed by atoms with Gasteiger partial charge in [-0.05, 0) is 37.0 Å². The molecule has 1 aliphatic carbocycles. The van der Waals surface area contributed by atoms with Crippen molar-refractivity contribution < 1.29 is 0 Å². The van der Waals surface area contributed by atoms with Gasteiger partial charge in [0, 0.05) is 11.4 Å². The van der Waals surface area contributed by atoms with Gasteiger partial charge in [-0.3, -0.25) is 0 Å². The molecule has 1 N–H and O–H groups in total. The van der Waals surface area contributed by atoms with Crippen LogP contribution < -0.4 is 5.32 Å². The summed E-state index contributed by atoms with van der Waals surface area (Å²) in [6.45, 7) is 14.1. The van der Waals surface area contributed by atoms with Crippen LogP contribution in [0.3, 0.4) is 0 Å². The van der Waals surface area contributed by atoms with Gasteiger partial charge in [0.2, 0.25) is 0 Å². The highest BCUT2D eigenvalue weighted by molar-refractivity contribution is 5.66. The summed E-state index contributed by atoms with van der Waals surface area (Å²) in [7, 11) is 0. The normalized spacial score (nSPS) is 17.6. The minimum Gasteiger partial charge on any atom is -0.359 e. The summed E-state index contributed by atoms with van der Waals surface area (Å²) in [5, 5.41) is 3.33. The molecule has 0 amide bonds. The van der Waals surface area contributed by atoms with Crippen molar-refractivity contribution in [2.24, 2.45) is 0 Å². The van der Waals surface area contributed by atoms with Gasteiger partial charge in [0.25, 0.3) is 0 Å². The van der Waals surface area contributed by atoms with Gasteiger partial charge in [-0.2, -0.15) is 0 Å². The first-order valence-electron chi connectivity index (χ1n) is 4.61. The van der Waals surface area contributed by atoms with Crippen molar-refractivity contribution in [1.82, 2.24) is 5.32 Å². The van der Waals surface area contributed by atoms with E-state index in [1.54, 1.807) is 0 Å². The molecule has 70 valence electrons. The highest BCUT2D eigenvalue weighted by Gasteiger charge is 2.21. The highest BCUT2D eigenvalue weighted by Crippen LogP contribution is 2.35. The lowest BCUT2D eigenvalue weighted by Gasteiger charge is -2.28. The van der Waals surface area contributed by atoms with Crippen molar-refractivity contribution >= 4 is 0 Å². The molecule has 1 heteroatoms. The first-order valence-corrected chi connectivity index (χ1v) is 4.61. The maximum Gasteiger partial charge on any atom is 0.0490 e. The van der Waals surface area contributed by atoms with Gasteiger partial charge in [0.15, 0.2) is 0 Å². The van der Waals surface area contributed by atoms with Crippen molar-refractivity contribution in [2.75, 3.05) is 0 Å². The molecule has 0 aromatic heterocycles. The van der Waals surface area contributed by atoms with E-state index in [1.807, 2.05) is 0 Å². The standard InChI is InChI=1S/C12H17N/c1-6-7-8(2)13-12-10(4)9(3)11(12)5/h7,13H,3-4,6H2,1-2,5H3/b8-7+. The molecule has 0 aromatic carbocycles. The topological polar surface area (TPSA) is 12.0 Å². The smallest absolute Gasteiger partial charge is 0.0490 e. The Kier molecular flexibility index (Phi) is 2.76. The molecule has 1 rings (SSSR count). The lowest BCUT2D eigenvalue weighted by Crippen LogP contribution is -2.22. The predicted molar refractivity (Wildman–Crippen MR) is 58.2 cm³/mol. The molecule has 0 fully saturated rings. The lowest BCUT2D eigenvalue weighted by molar-refractivity contribution is 0.914. The maximum atomic E-state index is 3.94. The molecule has 0 spiro atoms. The van der Waals surface area contributed by atoms with E-state index in [1.165, 1.54) is 11.3 Å². The molecule has 0 saturated carbocycles. The van der Waals surface area contributed by atoms with Crippen molar-refractivity contribution in [3.63, 3.8) is 0 Å². The van der Waals surface area contributed by atoms with Crippen LogP contribution in [0.4, 0.5) is 0 Å². The van der Waals surface area contributed by atoms with Crippen LogP contribution in [0.15, 0.2) is 47.3 Å². The second-order valence-corrected chi connectivity index (χ2v) is 3.38. The Bertz CT molecular complexity index is 316. The minimum atomic E-state index is 1.04. The average Bonchev–Trinajstić information content (AvgIpc) is 2.13. The second kappa shape index (κ2) is 3.65. The van der Waals surface area contributed by atoms with Crippen LogP contribution in [0, 0.1) is 0 Å². The van der Waals surface area contributed by atoms with Gasteiger partial charge in [0.1, 0.15) is 0 Å². The summed E-state index contributed by atoms with van der Waals surface area (Å²) in [6.07, 6.45) is 3.22. The molecular weight excluding hydrogens is 158 g/mol. The fraction of sp³-hybridized carbons (Fsp3) is 0.333. The van der Waals surface area contributed by atoms with E-state index in [0.29, 0.717) is 0 Å². The third kappa shape index (κ3) is 1.74. The van der Waals surface area contributed by atoms with Crippen molar-refractivity contribution in [2.45, 2.75) is 27.2 Å². The molecule has 13 heavy (non-hydrogen) atoms. The Morgan fingerprint density at radius 1 is 1.38 bits per heavy atom. The van der Waals surface area contributed by atoms with E-state index in [4.69, 9.17) is 0 Å². The van der Waals surface area contributed by atoms with Gasteiger partial charge >= 0.3 is 0 Å². The highest BCUT2D eigenvalue weighted by atomic mass is 14.9. The van der Waals surface area contributed by atoms with E-state index in [0.717, 1.165) is 23.3 Å². The molecular formula is C12H17N. The number of allylic oxidation sites excluding steroid dienone is 4. The van der Waals surface area contributed by atoms with Crippen LogP contribution in [0.5, 0.6) is 0 Å². The Morgan fingerprint density at radius 2 is 2.00 bits per heavy atom. The number of hydrogen-bond acceptors (Lipinski definition) is 1. The molecule has 0 heterocycles. The van der Waals surface area contributed by atoms with E-state index < -0.39 is 0 Å². The summed E-state index contributed by atoms with van der Waals surface area (Å²) >= 11 is 0. The molecule has 0 atom stereocenters. The molecule has 0 radical (unpaired) electrons. The molecule has 1 nitrogen and oxygen atoms in total. The molecule has 0 saturated heterocycles. The van der Waals surface area contributed by atoms with Gasteiger partial charge < -0.3 is 5.32 Å². The molecule has 0 aromatic rings. The summed E-state index contributed by atoms with van der Waals surface area (Å²) in [6, 6.07) is 0. The van der Waals surface area contributed by atoms with Crippen molar-refractivity contribution in [3.8, 4) is 0 Å². The third-order valence-electron chi connectivity index (χ3n) is 2.33.